The maximum Gasteiger partial charge on any atom is 0.261 e. The highest BCUT2D eigenvalue weighted by Gasteiger charge is 2.34. The van der Waals surface area contributed by atoms with E-state index < -0.39 is 0 Å². The van der Waals surface area contributed by atoms with Gasteiger partial charge in [-0.1, -0.05) is 19.1 Å². The zero-order valence-corrected chi connectivity index (χ0v) is 12.4. The highest BCUT2D eigenvalue weighted by atomic mass is 16.3. The van der Waals surface area contributed by atoms with Gasteiger partial charge in [-0.05, 0) is 38.1 Å². The number of carbonyl (C=O) groups excluding carboxylic acids is 2. The van der Waals surface area contributed by atoms with E-state index in [0.29, 0.717) is 17.7 Å². The number of benzene rings is 1. The lowest BCUT2D eigenvalue weighted by molar-refractivity contribution is 0.0647. The van der Waals surface area contributed by atoms with E-state index in [-0.39, 0.29) is 18.4 Å². The number of aliphatic hydroxyl groups is 1. The molecular weight excluding hydrogens is 268 g/mol. The molecule has 2 rings (SSSR count). The Morgan fingerprint density at radius 2 is 1.62 bits per heavy atom. The van der Waals surface area contributed by atoms with Crippen molar-refractivity contribution in [2.45, 2.75) is 19.8 Å². The molecule has 0 aromatic heterocycles. The minimum Gasteiger partial charge on any atom is -0.396 e. The van der Waals surface area contributed by atoms with Crippen LogP contribution in [0.1, 0.15) is 40.5 Å². The van der Waals surface area contributed by atoms with Crippen LogP contribution in [0.15, 0.2) is 24.3 Å². The van der Waals surface area contributed by atoms with Crippen LogP contribution in [0.4, 0.5) is 0 Å². The van der Waals surface area contributed by atoms with Crippen LogP contribution in [0, 0.1) is 0 Å². The van der Waals surface area contributed by atoms with Crippen molar-refractivity contribution in [2.24, 2.45) is 0 Å². The summed E-state index contributed by atoms with van der Waals surface area (Å²) < 4.78 is 0. The molecule has 1 N–H and O–H groups in total. The number of imide groups is 1. The minimum atomic E-state index is -0.186. The van der Waals surface area contributed by atoms with Gasteiger partial charge >= 0.3 is 0 Å². The highest BCUT2D eigenvalue weighted by molar-refractivity contribution is 6.21. The summed E-state index contributed by atoms with van der Waals surface area (Å²) in [5, 5.41) is 8.85. The summed E-state index contributed by atoms with van der Waals surface area (Å²) in [7, 11) is 0. The third-order valence-corrected chi connectivity index (χ3v) is 3.81. The van der Waals surface area contributed by atoms with E-state index in [1.807, 2.05) is 0 Å². The highest BCUT2D eigenvalue weighted by Crippen LogP contribution is 2.22. The van der Waals surface area contributed by atoms with Gasteiger partial charge in [-0.25, -0.2) is 0 Å². The molecule has 1 aliphatic heterocycles. The summed E-state index contributed by atoms with van der Waals surface area (Å²) >= 11 is 0. The number of rotatable bonds is 8. The molecule has 0 unspecified atom stereocenters. The average molecular weight is 290 g/mol. The van der Waals surface area contributed by atoms with Crippen molar-refractivity contribution in [1.82, 2.24) is 9.80 Å². The number of hydrogen-bond donors (Lipinski definition) is 1. The molecule has 1 aliphatic rings. The van der Waals surface area contributed by atoms with E-state index in [0.717, 1.165) is 32.5 Å². The molecule has 0 atom stereocenters. The second kappa shape index (κ2) is 7.33. The Morgan fingerprint density at radius 3 is 2.14 bits per heavy atom. The molecule has 1 aromatic rings. The van der Waals surface area contributed by atoms with Crippen molar-refractivity contribution < 1.29 is 14.7 Å². The van der Waals surface area contributed by atoms with Crippen molar-refractivity contribution in [2.75, 3.05) is 32.8 Å². The molecule has 1 heterocycles. The van der Waals surface area contributed by atoms with Crippen LogP contribution in [0.3, 0.4) is 0 Å². The third kappa shape index (κ3) is 3.49. The molecular formula is C16H22N2O3. The van der Waals surface area contributed by atoms with Gasteiger partial charge < -0.3 is 10.0 Å². The fourth-order valence-corrected chi connectivity index (χ4v) is 2.62. The summed E-state index contributed by atoms with van der Waals surface area (Å²) in [5.74, 6) is -0.372. The smallest absolute Gasteiger partial charge is 0.261 e. The first-order chi connectivity index (χ1) is 10.2. The molecule has 5 nitrogen and oxygen atoms in total. The predicted molar refractivity (Wildman–Crippen MR) is 80.2 cm³/mol. The first-order valence-electron chi connectivity index (χ1n) is 7.47. The minimum absolute atomic E-state index is 0.186. The van der Waals surface area contributed by atoms with E-state index in [4.69, 9.17) is 5.11 Å². The van der Waals surface area contributed by atoms with E-state index in [9.17, 15) is 9.59 Å². The Balaban J connectivity index is 1.88. The van der Waals surface area contributed by atoms with E-state index in [2.05, 4.69) is 11.8 Å². The van der Waals surface area contributed by atoms with Crippen molar-refractivity contribution >= 4 is 11.8 Å². The molecule has 21 heavy (non-hydrogen) atoms. The summed E-state index contributed by atoms with van der Waals surface area (Å²) in [6.07, 6.45) is 1.51. The monoisotopic (exact) mass is 290 g/mol. The van der Waals surface area contributed by atoms with Crippen molar-refractivity contribution in [3.8, 4) is 0 Å². The number of fused-ring (bicyclic) bond motifs is 1. The van der Waals surface area contributed by atoms with Crippen LogP contribution < -0.4 is 0 Å². The normalized spacial score (nSPS) is 14.1. The van der Waals surface area contributed by atoms with Crippen LogP contribution in [0.2, 0.25) is 0 Å². The van der Waals surface area contributed by atoms with Crippen molar-refractivity contribution in [3.63, 3.8) is 0 Å². The molecule has 0 aliphatic carbocycles. The van der Waals surface area contributed by atoms with Crippen LogP contribution in [0.25, 0.3) is 0 Å². The number of nitrogens with zero attached hydrogens (tertiary/aromatic N) is 2. The molecule has 1 aromatic carbocycles. The Hall–Kier alpha value is -1.72. The zero-order valence-electron chi connectivity index (χ0n) is 12.4. The molecule has 0 bridgehead atoms. The van der Waals surface area contributed by atoms with Crippen molar-refractivity contribution in [3.05, 3.63) is 35.4 Å². The first-order valence-corrected chi connectivity index (χ1v) is 7.47. The quantitative estimate of drug-likeness (QED) is 0.735. The van der Waals surface area contributed by atoms with Crippen LogP contribution in [0.5, 0.6) is 0 Å². The average Bonchev–Trinajstić information content (AvgIpc) is 2.76. The Kier molecular flexibility index (Phi) is 5.47. The largest absolute Gasteiger partial charge is 0.396 e. The van der Waals surface area contributed by atoms with Gasteiger partial charge in [-0.15, -0.1) is 0 Å². The topological polar surface area (TPSA) is 60.9 Å². The number of amides is 2. The molecule has 0 fully saturated rings. The van der Waals surface area contributed by atoms with Gasteiger partial charge in [0.15, 0.2) is 0 Å². The fraction of sp³-hybridized carbons (Fsp3) is 0.500. The third-order valence-electron chi connectivity index (χ3n) is 3.81. The SMILES string of the molecule is CCN(CCCO)CCCN1C(=O)c2ccccc2C1=O. The summed E-state index contributed by atoms with van der Waals surface area (Å²) in [6.45, 7) is 5.28. The van der Waals surface area contributed by atoms with Gasteiger partial charge in [-0.2, -0.15) is 0 Å². The molecule has 114 valence electrons. The maximum absolute atomic E-state index is 12.2. The second-order valence-corrected chi connectivity index (χ2v) is 5.17. The fourth-order valence-electron chi connectivity index (χ4n) is 2.62. The number of aliphatic hydroxyl groups excluding tert-OH is 1. The lowest BCUT2D eigenvalue weighted by atomic mass is 10.1. The van der Waals surface area contributed by atoms with Gasteiger partial charge in [0.05, 0.1) is 11.1 Å². The van der Waals surface area contributed by atoms with Crippen LogP contribution in [-0.2, 0) is 0 Å². The maximum atomic E-state index is 12.2. The Labute approximate surface area is 125 Å². The van der Waals surface area contributed by atoms with Gasteiger partial charge in [0, 0.05) is 19.7 Å². The van der Waals surface area contributed by atoms with Gasteiger partial charge in [-0.3, -0.25) is 14.5 Å². The van der Waals surface area contributed by atoms with Gasteiger partial charge in [0.2, 0.25) is 0 Å². The molecule has 0 saturated carbocycles. The molecule has 5 heteroatoms. The molecule has 0 spiro atoms. The van der Waals surface area contributed by atoms with E-state index in [1.54, 1.807) is 24.3 Å². The van der Waals surface area contributed by atoms with Gasteiger partial charge in [0.25, 0.3) is 11.8 Å². The molecule has 0 radical (unpaired) electrons. The zero-order chi connectivity index (χ0) is 15.2. The lowest BCUT2D eigenvalue weighted by Crippen LogP contribution is -2.34. The van der Waals surface area contributed by atoms with Gasteiger partial charge in [0.1, 0.15) is 0 Å². The van der Waals surface area contributed by atoms with E-state index in [1.165, 1.54) is 4.90 Å². The lowest BCUT2D eigenvalue weighted by Gasteiger charge is -2.21. The Bertz CT molecular complexity index is 481. The summed E-state index contributed by atoms with van der Waals surface area (Å²) in [4.78, 5) is 27.9. The standard InChI is InChI=1S/C16H22N2O3/c1-2-17(10-6-12-19)9-5-11-18-15(20)13-7-3-4-8-14(13)16(18)21/h3-4,7-8,19H,2,5-6,9-12H2,1H3. The van der Waals surface area contributed by atoms with E-state index >= 15 is 0 Å². The van der Waals surface area contributed by atoms with Crippen LogP contribution in [-0.4, -0.2) is 59.5 Å². The molecule has 2 amide bonds. The Morgan fingerprint density at radius 1 is 1.05 bits per heavy atom. The van der Waals surface area contributed by atoms with Crippen LogP contribution >= 0.6 is 0 Å². The predicted octanol–water partition coefficient (Wildman–Crippen LogP) is 1.38. The molecule has 0 saturated heterocycles. The van der Waals surface area contributed by atoms with Crippen molar-refractivity contribution in [1.29, 1.82) is 0 Å². The number of carbonyl (C=O) groups is 2. The second-order valence-electron chi connectivity index (χ2n) is 5.17. The number of hydrogen-bond acceptors (Lipinski definition) is 4. The summed E-state index contributed by atoms with van der Waals surface area (Å²) in [5.41, 5.74) is 1.02. The summed E-state index contributed by atoms with van der Waals surface area (Å²) in [6, 6.07) is 6.97. The first kappa shape index (κ1) is 15.7.